The summed E-state index contributed by atoms with van der Waals surface area (Å²) in [6.45, 7) is 4.18. The summed E-state index contributed by atoms with van der Waals surface area (Å²) in [6.07, 6.45) is 1.59. The monoisotopic (exact) mass is 281 g/mol. The fourth-order valence-corrected chi connectivity index (χ4v) is 1.83. The Balaban J connectivity index is 1.69. The maximum absolute atomic E-state index is 5.58. The molecular weight excluding hydrogens is 266 g/mol. The van der Waals surface area contributed by atoms with E-state index in [9.17, 15) is 0 Å². The van der Waals surface area contributed by atoms with Crippen LogP contribution in [-0.4, -0.2) is 15.2 Å². The summed E-state index contributed by atoms with van der Waals surface area (Å²) in [5, 5.41) is 8.01. The maximum Gasteiger partial charge on any atom is 0.234 e. The van der Waals surface area contributed by atoms with E-state index in [0.717, 1.165) is 16.8 Å². The smallest absolute Gasteiger partial charge is 0.234 e. The Morgan fingerprint density at radius 3 is 2.67 bits per heavy atom. The van der Waals surface area contributed by atoms with E-state index >= 15 is 0 Å². The molecule has 0 spiro atoms. The maximum atomic E-state index is 5.58. The lowest BCUT2D eigenvalue weighted by atomic mass is 10.2. The van der Waals surface area contributed by atoms with Crippen molar-refractivity contribution in [3.63, 3.8) is 0 Å². The van der Waals surface area contributed by atoms with Gasteiger partial charge in [0.2, 0.25) is 11.8 Å². The van der Waals surface area contributed by atoms with Gasteiger partial charge >= 0.3 is 0 Å². The molecule has 0 saturated heterocycles. The largest absolute Gasteiger partial charge is 0.470 e. The van der Waals surface area contributed by atoms with Gasteiger partial charge in [-0.3, -0.25) is 0 Å². The van der Waals surface area contributed by atoms with Gasteiger partial charge in [0, 0.05) is 11.6 Å². The Morgan fingerprint density at radius 1 is 1.10 bits per heavy atom. The number of aryl methyl sites for hydroxylation is 2. The SMILES string of the molecule is Cc1cc(OCc2coc(-c3ccccc3)n2)nnc1C. The van der Waals surface area contributed by atoms with Gasteiger partial charge in [0.25, 0.3) is 0 Å². The van der Waals surface area contributed by atoms with Crippen LogP contribution in [0.25, 0.3) is 11.5 Å². The minimum atomic E-state index is 0.299. The lowest BCUT2D eigenvalue weighted by molar-refractivity contribution is 0.285. The summed E-state index contributed by atoms with van der Waals surface area (Å²) in [7, 11) is 0. The predicted octanol–water partition coefficient (Wildman–Crippen LogP) is 3.33. The molecule has 0 saturated carbocycles. The van der Waals surface area contributed by atoms with E-state index in [4.69, 9.17) is 9.15 Å². The number of ether oxygens (including phenoxy) is 1. The molecule has 21 heavy (non-hydrogen) atoms. The Hall–Kier alpha value is -2.69. The lowest BCUT2D eigenvalue weighted by Crippen LogP contribution is -2.00. The van der Waals surface area contributed by atoms with Gasteiger partial charge in [-0.05, 0) is 31.5 Å². The van der Waals surface area contributed by atoms with Gasteiger partial charge in [-0.1, -0.05) is 18.2 Å². The molecule has 0 aliphatic heterocycles. The molecule has 0 aliphatic carbocycles. The molecular formula is C16H15N3O2. The predicted molar refractivity (Wildman–Crippen MR) is 77.8 cm³/mol. The van der Waals surface area contributed by atoms with E-state index in [1.54, 1.807) is 6.26 Å². The van der Waals surface area contributed by atoms with Crippen LogP contribution >= 0.6 is 0 Å². The summed E-state index contributed by atoms with van der Waals surface area (Å²) >= 11 is 0. The molecule has 2 aromatic heterocycles. The van der Waals surface area contributed by atoms with Crippen LogP contribution in [0, 0.1) is 13.8 Å². The second-order valence-electron chi connectivity index (χ2n) is 4.75. The third-order valence-corrected chi connectivity index (χ3v) is 3.15. The van der Waals surface area contributed by atoms with Gasteiger partial charge in [-0.2, -0.15) is 5.10 Å². The highest BCUT2D eigenvalue weighted by Gasteiger charge is 2.07. The normalized spacial score (nSPS) is 10.6. The Morgan fingerprint density at radius 2 is 1.90 bits per heavy atom. The average Bonchev–Trinajstić information content (AvgIpc) is 2.98. The van der Waals surface area contributed by atoms with Crippen molar-refractivity contribution in [1.29, 1.82) is 0 Å². The summed E-state index contributed by atoms with van der Waals surface area (Å²) in [4.78, 5) is 4.40. The molecule has 0 radical (unpaired) electrons. The topological polar surface area (TPSA) is 61.0 Å². The fraction of sp³-hybridized carbons (Fsp3) is 0.188. The van der Waals surface area contributed by atoms with E-state index in [-0.39, 0.29) is 0 Å². The van der Waals surface area contributed by atoms with Crippen LogP contribution in [0.3, 0.4) is 0 Å². The van der Waals surface area contributed by atoms with Crippen molar-refractivity contribution in [3.05, 3.63) is 59.6 Å². The first-order valence-electron chi connectivity index (χ1n) is 6.66. The van der Waals surface area contributed by atoms with Crippen LogP contribution in [0.15, 0.2) is 47.1 Å². The number of oxazole rings is 1. The highest BCUT2D eigenvalue weighted by molar-refractivity contribution is 5.52. The quantitative estimate of drug-likeness (QED) is 0.734. The number of aromatic nitrogens is 3. The zero-order chi connectivity index (χ0) is 14.7. The van der Waals surface area contributed by atoms with Crippen molar-refractivity contribution in [2.45, 2.75) is 20.5 Å². The summed E-state index contributed by atoms with van der Waals surface area (Å²) < 4.78 is 11.0. The number of benzene rings is 1. The van der Waals surface area contributed by atoms with Crippen molar-refractivity contribution in [1.82, 2.24) is 15.2 Å². The van der Waals surface area contributed by atoms with Crippen molar-refractivity contribution >= 4 is 0 Å². The zero-order valence-corrected chi connectivity index (χ0v) is 11.9. The van der Waals surface area contributed by atoms with E-state index in [2.05, 4.69) is 15.2 Å². The fourth-order valence-electron chi connectivity index (χ4n) is 1.83. The summed E-state index contributed by atoms with van der Waals surface area (Å²) in [5.74, 6) is 1.07. The second kappa shape index (κ2) is 5.75. The Bertz CT molecular complexity index is 738. The number of nitrogens with zero attached hydrogens (tertiary/aromatic N) is 3. The molecule has 0 unspecified atom stereocenters. The molecule has 1 aromatic carbocycles. The first-order chi connectivity index (χ1) is 10.2. The summed E-state index contributed by atoms with van der Waals surface area (Å²) in [5.41, 5.74) is 3.60. The van der Waals surface area contributed by atoms with Gasteiger partial charge in [-0.15, -0.1) is 5.10 Å². The van der Waals surface area contributed by atoms with E-state index in [0.29, 0.717) is 24.1 Å². The molecule has 3 aromatic rings. The minimum Gasteiger partial charge on any atom is -0.470 e. The zero-order valence-electron chi connectivity index (χ0n) is 11.9. The molecule has 0 fully saturated rings. The molecule has 5 nitrogen and oxygen atoms in total. The standard InChI is InChI=1S/C16H15N3O2/c1-11-8-15(19-18-12(11)2)20-9-14-10-21-16(17-14)13-6-4-3-5-7-13/h3-8,10H,9H2,1-2H3. The lowest BCUT2D eigenvalue weighted by Gasteiger charge is -2.03. The van der Waals surface area contributed by atoms with E-state index in [1.807, 2.05) is 50.2 Å². The third kappa shape index (κ3) is 3.08. The first kappa shape index (κ1) is 13.3. The molecule has 106 valence electrons. The highest BCUT2D eigenvalue weighted by Crippen LogP contribution is 2.19. The van der Waals surface area contributed by atoms with Crippen LogP contribution in [0.5, 0.6) is 5.88 Å². The van der Waals surface area contributed by atoms with Crippen LogP contribution in [0.4, 0.5) is 0 Å². The van der Waals surface area contributed by atoms with Gasteiger partial charge in [-0.25, -0.2) is 4.98 Å². The van der Waals surface area contributed by atoms with Gasteiger partial charge in [0.1, 0.15) is 18.6 Å². The molecule has 0 amide bonds. The number of rotatable bonds is 4. The molecule has 5 heteroatoms. The molecule has 0 atom stereocenters. The van der Waals surface area contributed by atoms with Crippen LogP contribution in [-0.2, 0) is 6.61 Å². The van der Waals surface area contributed by atoms with Crippen LogP contribution < -0.4 is 4.74 Å². The van der Waals surface area contributed by atoms with E-state index in [1.165, 1.54) is 0 Å². The third-order valence-electron chi connectivity index (χ3n) is 3.15. The Labute approximate surface area is 122 Å². The van der Waals surface area contributed by atoms with Crippen molar-refractivity contribution in [2.24, 2.45) is 0 Å². The van der Waals surface area contributed by atoms with Gasteiger partial charge < -0.3 is 9.15 Å². The highest BCUT2D eigenvalue weighted by atomic mass is 16.5. The molecule has 0 bridgehead atoms. The van der Waals surface area contributed by atoms with Crippen LogP contribution in [0.1, 0.15) is 17.0 Å². The number of hydrogen-bond acceptors (Lipinski definition) is 5. The average molecular weight is 281 g/mol. The summed E-state index contributed by atoms with van der Waals surface area (Å²) in [6, 6.07) is 11.6. The van der Waals surface area contributed by atoms with Crippen molar-refractivity contribution in [2.75, 3.05) is 0 Å². The molecule has 0 N–H and O–H groups in total. The van der Waals surface area contributed by atoms with Gasteiger partial charge in [0.15, 0.2) is 0 Å². The van der Waals surface area contributed by atoms with Gasteiger partial charge in [0.05, 0.1) is 5.69 Å². The minimum absolute atomic E-state index is 0.299. The molecule has 3 rings (SSSR count). The first-order valence-corrected chi connectivity index (χ1v) is 6.66. The Kier molecular flexibility index (Phi) is 3.64. The van der Waals surface area contributed by atoms with Crippen molar-refractivity contribution < 1.29 is 9.15 Å². The van der Waals surface area contributed by atoms with Crippen molar-refractivity contribution in [3.8, 4) is 17.3 Å². The second-order valence-corrected chi connectivity index (χ2v) is 4.75. The van der Waals surface area contributed by atoms with E-state index < -0.39 is 0 Å². The molecule has 0 aliphatic rings. The van der Waals surface area contributed by atoms with Crippen LogP contribution in [0.2, 0.25) is 0 Å². The molecule has 2 heterocycles. The number of hydrogen-bond donors (Lipinski definition) is 0.